The minimum Gasteiger partial charge on any atom is -0.494 e. The number of aromatic nitrogens is 2. The maximum atomic E-state index is 14.0. The third kappa shape index (κ3) is 4.25. The number of pyridine rings is 1. The van der Waals surface area contributed by atoms with Crippen molar-refractivity contribution in [2.75, 3.05) is 12.4 Å². The van der Waals surface area contributed by atoms with E-state index in [0.29, 0.717) is 17.9 Å². The zero-order valence-corrected chi connectivity index (χ0v) is 18.5. The van der Waals surface area contributed by atoms with Crippen LogP contribution in [-0.2, 0) is 17.8 Å². The number of nitrogens with two attached hydrogens (primary N) is 1. The summed E-state index contributed by atoms with van der Waals surface area (Å²) in [4.78, 5) is 26.8. The molecular formula is C24H22FN5O4. The van der Waals surface area contributed by atoms with E-state index < -0.39 is 22.3 Å². The average Bonchev–Trinajstić information content (AvgIpc) is 3.17. The van der Waals surface area contributed by atoms with Crippen molar-refractivity contribution in [1.29, 1.82) is 0 Å². The summed E-state index contributed by atoms with van der Waals surface area (Å²) in [6, 6.07) is 13.3. The smallest absolute Gasteiger partial charge is 0.307 e. The molecule has 4 aromatic rings. The number of hydrogen-bond donors (Lipinski definition) is 2. The van der Waals surface area contributed by atoms with E-state index in [0.717, 1.165) is 34.2 Å². The Kier molecular flexibility index (Phi) is 6.13. The van der Waals surface area contributed by atoms with Gasteiger partial charge in [0.15, 0.2) is 0 Å². The fourth-order valence-corrected chi connectivity index (χ4v) is 3.90. The standard InChI is InChI=1S/C24H22FN5O4/c1-3-14-8-9-23(27-18-11-20(30(32)33)17(25)10-21(18)34-2)28-24(14)16-12-29(13-22(26)31)19-7-5-4-6-15(16)19/h4-12H,3,13H2,1-2H3,(H2,26,31)(H,27,28). The van der Waals surface area contributed by atoms with Gasteiger partial charge >= 0.3 is 5.69 Å². The minimum atomic E-state index is -0.996. The fourth-order valence-electron chi connectivity index (χ4n) is 3.90. The van der Waals surface area contributed by atoms with Crippen molar-refractivity contribution in [2.45, 2.75) is 19.9 Å². The Balaban J connectivity index is 1.83. The predicted octanol–water partition coefficient (Wildman–Crippen LogP) is 4.55. The predicted molar refractivity (Wildman–Crippen MR) is 127 cm³/mol. The van der Waals surface area contributed by atoms with Gasteiger partial charge in [0.25, 0.3) is 0 Å². The zero-order valence-electron chi connectivity index (χ0n) is 18.5. The van der Waals surface area contributed by atoms with Crippen LogP contribution in [0.4, 0.5) is 21.6 Å². The Hall–Kier alpha value is -4.47. The van der Waals surface area contributed by atoms with Crippen LogP contribution in [0, 0.1) is 15.9 Å². The molecule has 0 saturated heterocycles. The van der Waals surface area contributed by atoms with Crippen LogP contribution < -0.4 is 15.8 Å². The number of nitro groups is 1. The highest BCUT2D eigenvalue weighted by Crippen LogP contribution is 2.36. The molecule has 0 unspecified atom stereocenters. The number of halogens is 1. The molecule has 3 N–H and O–H groups in total. The van der Waals surface area contributed by atoms with E-state index in [4.69, 9.17) is 15.5 Å². The highest BCUT2D eigenvalue weighted by molar-refractivity contribution is 5.97. The number of methoxy groups -OCH3 is 1. The monoisotopic (exact) mass is 463 g/mol. The normalized spacial score (nSPS) is 10.9. The molecule has 174 valence electrons. The van der Waals surface area contributed by atoms with Crippen LogP contribution in [0.5, 0.6) is 5.75 Å². The van der Waals surface area contributed by atoms with E-state index in [9.17, 15) is 19.3 Å². The molecule has 0 fully saturated rings. The first-order valence-electron chi connectivity index (χ1n) is 10.5. The molecule has 0 radical (unpaired) electrons. The quantitative estimate of drug-likeness (QED) is 0.292. The molecule has 4 rings (SSSR count). The molecule has 0 saturated carbocycles. The second kappa shape index (κ2) is 9.18. The Bertz CT molecular complexity index is 1420. The summed E-state index contributed by atoms with van der Waals surface area (Å²) >= 11 is 0. The Labute approximate surface area is 194 Å². The summed E-state index contributed by atoms with van der Waals surface area (Å²) in [5, 5.41) is 15.1. The van der Waals surface area contributed by atoms with Crippen molar-refractivity contribution in [2.24, 2.45) is 5.73 Å². The van der Waals surface area contributed by atoms with E-state index in [1.165, 1.54) is 7.11 Å². The molecule has 34 heavy (non-hydrogen) atoms. The number of nitrogens with one attached hydrogen (secondary N) is 1. The number of primary amides is 1. The summed E-state index contributed by atoms with van der Waals surface area (Å²) < 4.78 is 21.0. The highest BCUT2D eigenvalue weighted by atomic mass is 19.1. The minimum absolute atomic E-state index is 0.0242. The number of carbonyl (C=O) groups excluding carboxylic acids is 1. The number of carbonyl (C=O) groups is 1. The number of rotatable bonds is 8. The van der Waals surface area contributed by atoms with Gasteiger partial charge in [-0.25, -0.2) is 4.98 Å². The van der Waals surface area contributed by atoms with Crippen LogP contribution >= 0.6 is 0 Å². The summed E-state index contributed by atoms with van der Waals surface area (Å²) in [5.74, 6) is -0.969. The molecular weight excluding hydrogens is 441 g/mol. The second-order valence-electron chi connectivity index (χ2n) is 7.60. The number of amides is 1. The Morgan fingerprint density at radius 1 is 1.26 bits per heavy atom. The lowest BCUT2D eigenvalue weighted by Crippen LogP contribution is -2.17. The van der Waals surface area contributed by atoms with Gasteiger partial charge in [0.2, 0.25) is 11.7 Å². The molecule has 2 heterocycles. The lowest BCUT2D eigenvalue weighted by molar-refractivity contribution is -0.387. The lowest BCUT2D eigenvalue weighted by Gasteiger charge is -2.13. The van der Waals surface area contributed by atoms with Crippen LogP contribution in [-0.4, -0.2) is 27.5 Å². The lowest BCUT2D eigenvalue weighted by atomic mass is 10.0. The largest absolute Gasteiger partial charge is 0.494 e. The molecule has 9 nitrogen and oxygen atoms in total. The molecule has 1 amide bonds. The van der Waals surface area contributed by atoms with Crippen molar-refractivity contribution in [3.63, 3.8) is 0 Å². The van der Waals surface area contributed by atoms with E-state index in [1.807, 2.05) is 43.5 Å². The molecule has 0 aliphatic heterocycles. The summed E-state index contributed by atoms with van der Waals surface area (Å²) in [6.07, 6.45) is 2.54. The van der Waals surface area contributed by atoms with Crippen molar-refractivity contribution < 1.29 is 18.8 Å². The molecule has 2 aromatic heterocycles. The second-order valence-corrected chi connectivity index (χ2v) is 7.60. The van der Waals surface area contributed by atoms with Gasteiger partial charge in [0, 0.05) is 34.8 Å². The molecule has 0 aliphatic rings. The van der Waals surface area contributed by atoms with Gasteiger partial charge in [-0.2, -0.15) is 4.39 Å². The number of para-hydroxylation sites is 1. The number of fused-ring (bicyclic) bond motifs is 1. The van der Waals surface area contributed by atoms with Crippen LogP contribution in [0.15, 0.2) is 54.7 Å². The van der Waals surface area contributed by atoms with Gasteiger partial charge in [-0.1, -0.05) is 31.2 Å². The van der Waals surface area contributed by atoms with Gasteiger partial charge < -0.3 is 20.4 Å². The summed E-state index contributed by atoms with van der Waals surface area (Å²) in [7, 11) is 1.35. The van der Waals surface area contributed by atoms with Crippen molar-refractivity contribution >= 4 is 34.0 Å². The zero-order chi connectivity index (χ0) is 24.4. The average molecular weight is 463 g/mol. The number of aryl methyl sites for hydroxylation is 1. The summed E-state index contributed by atoms with van der Waals surface area (Å²) in [6.45, 7) is 2.03. The molecule has 0 atom stereocenters. The number of ether oxygens (including phenoxy) is 1. The third-order valence-corrected chi connectivity index (χ3v) is 5.46. The van der Waals surface area contributed by atoms with Gasteiger partial charge in [-0.3, -0.25) is 14.9 Å². The summed E-state index contributed by atoms with van der Waals surface area (Å²) in [5.41, 5.74) is 8.26. The first-order valence-corrected chi connectivity index (χ1v) is 10.5. The topological polar surface area (TPSA) is 125 Å². The van der Waals surface area contributed by atoms with Gasteiger partial charge in [0.05, 0.1) is 23.4 Å². The Morgan fingerprint density at radius 3 is 2.71 bits per heavy atom. The molecule has 10 heteroatoms. The van der Waals surface area contributed by atoms with Crippen molar-refractivity contribution in [3.8, 4) is 17.0 Å². The van der Waals surface area contributed by atoms with Crippen LogP contribution in [0.3, 0.4) is 0 Å². The highest BCUT2D eigenvalue weighted by Gasteiger charge is 2.20. The van der Waals surface area contributed by atoms with E-state index >= 15 is 0 Å². The van der Waals surface area contributed by atoms with E-state index in [-0.39, 0.29) is 18.0 Å². The van der Waals surface area contributed by atoms with E-state index in [1.54, 1.807) is 10.6 Å². The first-order chi connectivity index (χ1) is 16.3. The number of nitro benzene ring substituents is 1. The Morgan fingerprint density at radius 2 is 2.03 bits per heavy atom. The molecule has 0 aliphatic carbocycles. The maximum Gasteiger partial charge on any atom is 0.307 e. The van der Waals surface area contributed by atoms with Gasteiger partial charge in [-0.05, 0) is 24.1 Å². The van der Waals surface area contributed by atoms with Crippen LogP contribution in [0.1, 0.15) is 12.5 Å². The van der Waals surface area contributed by atoms with Crippen molar-refractivity contribution in [3.05, 3.63) is 76.2 Å². The maximum absolute atomic E-state index is 14.0. The fraction of sp³-hybridized carbons (Fsp3) is 0.167. The number of benzene rings is 2. The SMILES string of the molecule is CCc1ccc(Nc2cc([N+](=O)[O-])c(F)cc2OC)nc1-c1cn(CC(N)=O)c2ccccc12. The van der Waals surface area contributed by atoms with E-state index in [2.05, 4.69) is 5.32 Å². The van der Waals surface area contributed by atoms with Gasteiger partial charge in [-0.15, -0.1) is 0 Å². The third-order valence-electron chi connectivity index (χ3n) is 5.46. The molecule has 0 bridgehead atoms. The van der Waals surface area contributed by atoms with Crippen molar-refractivity contribution in [1.82, 2.24) is 9.55 Å². The first kappa shape index (κ1) is 22.7. The number of nitrogens with zero attached hydrogens (tertiary/aromatic N) is 3. The van der Waals surface area contributed by atoms with Crippen LogP contribution in [0.2, 0.25) is 0 Å². The molecule has 2 aromatic carbocycles. The van der Waals surface area contributed by atoms with Gasteiger partial charge in [0.1, 0.15) is 18.1 Å². The number of hydrogen-bond acceptors (Lipinski definition) is 6. The molecule has 0 spiro atoms. The van der Waals surface area contributed by atoms with Crippen LogP contribution in [0.25, 0.3) is 22.2 Å². The number of anilines is 2.